The minimum Gasteiger partial charge on any atom is -0.490 e. The molecule has 0 amide bonds. The van der Waals surface area contributed by atoms with Crippen LogP contribution in [0.3, 0.4) is 0 Å². The Balaban J connectivity index is 1.47. The van der Waals surface area contributed by atoms with Gasteiger partial charge in [-0.1, -0.05) is 66.2 Å². The number of ether oxygens (including phenoxy) is 2. The summed E-state index contributed by atoms with van der Waals surface area (Å²) in [7, 11) is 0. The minimum absolute atomic E-state index is 0.496. The number of rotatable bonds is 9. The molecule has 0 radical (unpaired) electrons. The Hall–Kier alpha value is -2.49. The van der Waals surface area contributed by atoms with Crippen molar-refractivity contribution in [2.45, 2.75) is 13.1 Å². The van der Waals surface area contributed by atoms with Gasteiger partial charge >= 0.3 is 0 Å². The van der Waals surface area contributed by atoms with Crippen molar-refractivity contribution in [1.29, 1.82) is 0 Å². The van der Waals surface area contributed by atoms with Crippen LogP contribution < -0.4 is 14.8 Å². The molecule has 0 fully saturated rings. The lowest BCUT2D eigenvalue weighted by Gasteiger charge is -2.13. The van der Waals surface area contributed by atoms with Gasteiger partial charge in [0.05, 0.1) is 0 Å². The first kappa shape index (κ1) is 18.3. The zero-order chi connectivity index (χ0) is 18.0. The monoisotopic (exact) mass is 367 g/mol. The predicted octanol–water partition coefficient (Wildman–Crippen LogP) is 5.09. The van der Waals surface area contributed by atoms with Crippen molar-refractivity contribution in [3.8, 4) is 11.5 Å². The molecule has 3 aromatic carbocycles. The van der Waals surface area contributed by atoms with E-state index in [-0.39, 0.29) is 0 Å². The van der Waals surface area contributed by atoms with Crippen molar-refractivity contribution >= 4 is 11.6 Å². The molecule has 0 aromatic heterocycles. The van der Waals surface area contributed by atoms with Crippen LogP contribution >= 0.6 is 11.6 Å². The van der Waals surface area contributed by atoms with E-state index in [0.717, 1.165) is 27.6 Å². The number of para-hydroxylation sites is 2. The third-order valence-corrected chi connectivity index (χ3v) is 4.28. The van der Waals surface area contributed by atoms with Crippen molar-refractivity contribution < 1.29 is 9.47 Å². The molecule has 0 spiro atoms. The smallest absolute Gasteiger partial charge is 0.123 e. The van der Waals surface area contributed by atoms with Crippen molar-refractivity contribution in [2.75, 3.05) is 13.2 Å². The van der Waals surface area contributed by atoms with Gasteiger partial charge in [0, 0.05) is 23.7 Å². The van der Waals surface area contributed by atoms with Crippen LogP contribution in [-0.4, -0.2) is 13.2 Å². The molecule has 1 N–H and O–H groups in total. The van der Waals surface area contributed by atoms with Crippen LogP contribution in [0.5, 0.6) is 11.5 Å². The second-order valence-electron chi connectivity index (χ2n) is 5.81. The third kappa shape index (κ3) is 5.51. The van der Waals surface area contributed by atoms with E-state index in [1.807, 2.05) is 72.8 Å². The van der Waals surface area contributed by atoms with Crippen LogP contribution in [0.25, 0.3) is 0 Å². The average Bonchev–Trinajstić information content (AvgIpc) is 2.68. The minimum atomic E-state index is 0.496. The Morgan fingerprint density at radius 2 is 1.27 bits per heavy atom. The van der Waals surface area contributed by atoms with Gasteiger partial charge in [-0.25, -0.2) is 0 Å². The number of halogens is 1. The zero-order valence-electron chi connectivity index (χ0n) is 14.5. The van der Waals surface area contributed by atoms with Gasteiger partial charge in [-0.05, 0) is 29.8 Å². The molecule has 134 valence electrons. The van der Waals surface area contributed by atoms with Crippen LogP contribution in [0, 0.1) is 0 Å². The van der Waals surface area contributed by atoms with Gasteiger partial charge in [-0.15, -0.1) is 0 Å². The lowest BCUT2D eigenvalue weighted by atomic mass is 10.2. The first-order chi connectivity index (χ1) is 12.8. The van der Waals surface area contributed by atoms with Crippen LogP contribution in [0.15, 0.2) is 78.9 Å². The Bertz CT molecular complexity index is 808. The molecule has 0 bridgehead atoms. The molecule has 0 saturated carbocycles. The molecule has 3 nitrogen and oxygen atoms in total. The van der Waals surface area contributed by atoms with E-state index < -0.39 is 0 Å². The molecule has 0 aliphatic heterocycles. The summed E-state index contributed by atoms with van der Waals surface area (Å²) in [6.45, 7) is 2.42. The quantitative estimate of drug-likeness (QED) is 0.534. The zero-order valence-corrected chi connectivity index (χ0v) is 15.3. The summed E-state index contributed by atoms with van der Waals surface area (Å²) in [4.78, 5) is 0. The number of hydrogen-bond acceptors (Lipinski definition) is 3. The standard InChI is InChI=1S/C22H22ClNO2/c23-21-12-6-4-8-18(21)16-24-17-19-9-5-7-13-22(19)26-15-14-25-20-10-2-1-3-11-20/h1-13,24H,14-17H2. The fraction of sp³-hybridized carbons (Fsp3) is 0.182. The molecule has 26 heavy (non-hydrogen) atoms. The number of nitrogens with one attached hydrogen (secondary N) is 1. The van der Waals surface area contributed by atoms with Gasteiger partial charge in [0.25, 0.3) is 0 Å². The summed E-state index contributed by atoms with van der Waals surface area (Å²) in [5.74, 6) is 1.72. The van der Waals surface area contributed by atoms with Crippen LogP contribution in [-0.2, 0) is 13.1 Å². The highest BCUT2D eigenvalue weighted by Crippen LogP contribution is 2.19. The van der Waals surface area contributed by atoms with Gasteiger partial charge in [-0.2, -0.15) is 0 Å². The fourth-order valence-electron chi connectivity index (χ4n) is 2.59. The van der Waals surface area contributed by atoms with Crippen molar-refractivity contribution in [1.82, 2.24) is 5.32 Å². The molecular formula is C22H22ClNO2. The summed E-state index contributed by atoms with van der Waals surface area (Å²) in [5.41, 5.74) is 2.20. The fourth-order valence-corrected chi connectivity index (χ4v) is 2.79. The maximum Gasteiger partial charge on any atom is 0.123 e. The van der Waals surface area contributed by atoms with E-state index in [4.69, 9.17) is 21.1 Å². The van der Waals surface area contributed by atoms with E-state index in [1.54, 1.807) is 0 Å². The van der Waals surface area contributed by atoms with Gasteiger partial charge in [-0.3, -0.25) is 0 Å². The SMILES string of the molecule is Clc1ccccc1CNCc1ccccc1OCCOc1ccccc1. The van der Waals surface area contributed by atoms with Crippen LogP contribution in [0.2, 0.25) is 5.02 Å². The van der Waals surface area contributed by atoms with E-state index >= 15 is 0 Å². The van der Waals surface area contributed by atoms with Gasteiger partial charge in [0.1, 0.15) is 24.7 Å². The molecule has 0 unspecified atom stereocenters. The average molecular weight is 368 g/mol. The number of hydrogen-bond donors (Lipinski definition) is 1. The molecule has 0 aliphatic rings. The predicted molar refractivity (Wildman–Crippen MR) is 106 cm³/mol. The molecule has 0 saturated heterocycles. The highest BCUT2D eigenvalue weighted by Gasteiger charge is 2.04. The normalized spacial score (nSPS) is 10.5. The Morgan fingerprint density at radius 1 is 0.654 bits per heavy atom. The molecule has 0 heterocycles. The summed E-state index contributed by atoms with van der Waals surface area (Å²) < 4.78 is 11.6. The molecule has 3 rings (SSSR count). The van der Waals surface area contributed by atoms with Crippen molar-refractivity contribution in [2.24, 2.45) is 0 Å². The molecule has 4 heteroatoms. The second kappa shape index (κ2) is 9.85. The van der Waals surface area contributed by atoms with E-state index in [9.17, 15) is 0 Å². The molecule has 3 aromatic rings. The topological polar surface area (TPSA) is 30.5 Å². The highest BCUT2D eigenvalue weighted by atomic mass is 35.5. The molecular weight excluding hydrogens is 346 g/mol. The van der Waals surface area contributed by atoms with Crippen LogP contribution in [0.1, 0.15) is 11.1 Å². The summed E-state index contributed by atoms with van der Waals surface area (Å²) >= 11 is 6.19. The second-order valence-corrected chi connectivity index (χ2v) is 6.22. The lowest BCUT2D eigenvalue weighted by Crippen LogP contribution is -2.15. The Labute approximate surface area is 159 Å². The van der Waals surface area contributed by atoms with E-state index in [2.05, 4.69) is 11.4 Å². The maximum absolute atomic E-state index is 6.19. The third-order valence-electron chi connectivity index (χ3n) is 3.91. The molecule has 0 aliphatic carbocycles. The Kier molecular flexibility index (Phi) is 6.94. The largest absolute Gasteiger partial charge is 0.490 e. The summed E-state index contributed by atoms with van der Waals surface area (Å²) in [6, 6.07) is 25.6. The first-order valence-electron chi connectivity index (χ1n) is 8.65. The lowest BCUT2D eigenvalue weighted by molar-refractivity contribution is 0.215. The van der Waals surface area contributed by atoms with Gasteiger partial charge in [0.15, 0.2) is 0 Å². The highest BCUT2D eigenvalue weighted by molar-refractivity contribution is 6.31. The summed E-state index contributed by atoms with van der Waals surface area (Å²) in [6.07, 6.45) is 0. The van der Waals surface area contributed by atoms with E-state index in [0.29, 0.717) is 26.3 Å². The summed E-state index contributed by atoms with van der Waals surface area (Å²) in [5, 5.41) is 4.20. The van der Waals surface area contributed by atoms with Crippen molar-refractivity contribution in [3.05, 3.63) is 95.0 Å². The van der Waals surface area contributed by atoms with Crippen LogP contribution in [0.4, 0.5) is 0 Å². The molecule has 0 atom stereocenters. The van der Waals surface area contributed by atoms with E-state index in [1.165, 1.54) is 0 Å². The Morgan fingerprint density at radius 3 is 2.08 bits per heavy atom. The number of benzene rings is 3. The van der Waals surface area contributed by atoms with Gasteiger partial charge in [0.2, 0.25) is 0 Å². The first-order valence-corrected chi connectivity index (χ1v) is 9.03. The van der Waals surface area contributed by atoms with Gasteiger partial charge < -0.3 is 14.8 Å². The maximum atomic E-state index is 6.19. The van der Waals surface area contributed by atoms with Crippen molar-refractivity contribution in [3.63, 3.8) is 0 Å².